The van der Waals surface area contributed by atoms with Crippen molar-refractivity contribution in [2.45, 2.75) is 20.0 Å². The summed E-state index contributed by atoms with van der Waals surface area (Å²) >= 11 is 6.56. The van der Waals surface area contributed by atoms with Crippen molar-refractivity contribution in [2.75, 3.05) is 49.8 Å². The average molecular weight is 564 g/mol. The molecule has 4 aromatic heterocycles. The van der Waals surface area contributed by atoms with Crippen molar-refractivity contribution in [3.05, 3.63) is 54.5 Å². The van der Waals surface area contributed by atoms with Gasteiger partial charge in [0.25, 0.3) is 0 Å². The summed E-state index contributed by atoms with van der Waals surface area (Å²) < 4.78 is 8.01. The fourth-order valence-corrected chi connectivity index (χ4v) is 4.24. The zero-order chi connectivity index (χ0) is 29.0. The lowest BCUT2D eigenvalue weighted by Gasteiger charge is -2.25. The number of nitrogens with one attached hydrogen (secondary N) is 2. The lowest BCUT2D eigenvalue weighted by Crippen LogP contribution is -2.30. The van der Waals surface area contributed by atoms with Gasteiger partial charge in [0.15, 0.2) is 5.82 Å². The Hall–Kier alpha value is -4.22. The van der Waals surface area contributed by atoms with Gasteiger partial charge >= 0.3 is 0 Å². The second-order valence-corrected chi connectivity index (χ2v) is 10.2. The number of aryl methyl sites for hydroxylation is 1. The van der Waals surface area contributed by atoms with Crippen LogP contribution >= 0.6 is 11.6 Å². The molecule has 40 heavy (non-hydrogen) atoms. The number of aromatic nitrogens is 5. The van der Waals surface area contributed by atoms with E-state index in [9.17, 15) is 4.79 Å². The first-order chi connectivity index (χ1) is 19.1. The summed E-state index contributed by atoms with van der Waals surface area (Å²) in [5.41, 5.74) is 3.16. The van der Waals surface area contributed by atoms with E-state index in [4.69, 9.17) is 26.3 Å². The number of halogens is 1. The van der Waals surface area contributed by atoms with Crippen LogP contribution in [0.1, 0.15) is 13.8 Å². The van der Waals surface area contributed by atoms with E-state index in [1.807, 2.05) is 69.8 Å². The molecule has 4 heterocycles. The van der Waals surface area contributed by atoms with Gasteiger partial charge in [0.1, 0.15) is 11.3 Å². The van der Waals surface area contributed by atoms with Gasteiger partial charge in [-0.3, -0.25) is 4.79 Å². The Morgan fingerprint density at radius 2 is 1.98 bits per heavy atom. The minimum absolute atomic E-state index is 0.161. The van der Waals surface area contributed by atoms with Crippen LogP contribution in [-0.2, 0) is 11.8 Å². The third-order valence-electron chi connectivity index (χ3n) is 5.98. The van der Waals surface area contributed by atoms with Crippen LogP contribution in [0.2, 0.25) is 5.02 Å². The molecule has 0 atom stereocenters. The van der Waals surface area contributed by atoms with Gasteiger partial charge in [-0.2, -0.15) is 4.98 Å². The highest BCUT2D eigenvalue weighted by Crippen LogP contribution is 2.37. The zero-order valence-electron chi connectivity index (χ0n) is 23.6. The molecule has 0 unspecified atom stereocenters. The van der Waals surface area contributed by atoms with E-state index in [2.05, 4.69) is 32.1 Å². The van der Waals surface area contributed by atoms with E-state index in [1.165, 1.54) is 6.08 Å². The van der Waals surface area contributed by atoms with E-state index < -0.39 is 0 Å². The van der Waals surface area contributed by atoms with Crippen molar-refractivity contribution in [2.24, 2.45) is 7.05 Å². The largest absolute Gasteiger partial charge is 0.473 e. The molecule has 0 spiro atoms. The minimum Gasteiger partial charge on any atom is -0.473 e. The molecule has 0 aromatic carbocycles. The van der Waals surface area contributed by atoms with Gasteiger partial charge in [0.05, 0.1) is 28.7 Å². The third-order valence-corrected chi connectivity index (χ3v) is 6.26. The fourth-order valence-electron chi connectivity index (χ4n) is 4.05. The zero-order valence-corrected chi connectivity index (χ0v) is 24.3. The first-order valence-electron chi connectivity index (χ1n) is 12.8. The maximum Gasteiger partial charge on any atom is 0.247 e. The number of nitrogens with zero attached hydrogens (tertiary/aromatic N) is 7. The Kier molecular flexibility index (Phi) is 8.86. The van der Waals surface area contributed by atoms with Crippen LogP contribution < -0.4 is 20.3 Å². The van der Waals surface area contributed by atoms with Crippen molar-refractivity contribution in [1.29, 1.82) is 0 Å². The second kappa shape index (κ2) is 12.3. The molecule has 0 fully saturated rings. The fraction of sp³-hybridized carbons (Fsp3) is 0.321. The number of hydrogen-bond donors (Lipinski definition) is 2. The van der Waals surface area contributed by atoms with Gasteiger partial charge in [0, 0.05) is 50.5 Å². The maximum atomic E-state index is 12.3. The summed E-state index contributed by atoms with van der Waals surface area (Å²) in [5.74, 6) is 0.819. The van der Waals surface area contributed by atoms with Gasteiger partial charge in [-0.1, -0.05) is 18.2 Å². The van der Waals surface area contributed by atoms with Crippen LogP contribution in [-0.4, -0.2) is 75.6 Å². The molecule has 11 nitrogen and oxygen atoms in total. The lowest BCUT2D eigenvalue weighted by molar-refractivity contribution is -0.111. The third kappa shape index (κ3) is 6.49. The highest BCUT2D eigenvalue weighted by molar-refractivity contribution is 6.33. The number of ether oxygens (including phenoxy) is 1. The highest BCUT2D eigenvalue weighted by Gasteiger charge is 2.21. The predicted molar refractivity (Wildman–Crippen MR) is 161 cm³/mol. The summed E-state index contributed by atoms with van der Waals surface area (Å²) in [7, 11) is 7.83. The van der Waals surface area contributed by atoms with Crippen LogP contribution in [0, 0.1) is 0 Å². The molecular formula is C28H34ClN9O2. The first kappa shape index (κ1) is 28.8. The number of hydrogen-bond acceptors (Lipinski definition) is 9. The molecule has 1 amide bonds. The summed E-state index contributed by atoms with van der Waals surface area (Å²) in [5, 5.41) is 7.40. The normalized spacial score (nSPS) is 11.2. The van der Waals surface area contributed by atoms with E-state index in [0.717, 1.165) is 23.1 Å². The van der Waals surface area contributed by atoms with Crippen LogP contribution in [0.15, 0.2) is 49.4 Å². The number of pyridine rings is 2. The number of anilines is 4. The summed E-state index contributed by atoms with van der Waals surface area (Å²) in [6.45, 7) is 8.87. The number of fused-ring (bicyclic) bond motifs is 1. The monoisotopic (exact) mass is 563 g/mol. The molecule has 2 N–H and O–H groups in total. The molecule has 4 aromatic rings. The molecule has 0 aliphatic rings. The Bertz CT molecular complexity index is 1530. The quantitative estimate of drug-likeness (QED) is 0.250. The van der Waals surface area contributed by atoms with Crippen LogP contribution in [0.3, 0.4) is 0 Å². The van der Waals surface area contributed by atoms with Gasteiger partial charge in [-0.25, -0.2) is 15.0 Å². The molecule has 0 radical (unpaired) electrons. The van der Waals surface area contributed by atoms with Crippen LogP contribution in [0.25, 0.3) is 22.3 Å². The topological polar surface area (TPSA) is 113 Å². The first-order valence-corrected chi connectivity index (χ1v) is 13.2. The molecule has 0 saturated carbocycles. The summed E-state index contributed by atoms with van der Waals surface area (Å²) in [4.78, 5) is 34.7. The standard InChI is InChI=1S/C28H34ClN9O2/c1-8-23(39)32-21-14-22(27(40-17(2)3)35-26(21)37(6)13-12-36(4)5)33-28-31-15-20(29)24(34-28)19-16-38(7)25-18(19)10-9-11-30-25/h8-11,14-17H,1,12-13H2,2-7H3,(H,32,39)(H,31,33,34). The molecular weight excluding hydrogens is 530 g/mol. The molecule has 12 heteroatoms. The summed E-state index contributed by atoms with van der Waals surface area (Å²) in [6, 6.07) is 5.60. The van der Waals surface area contributed by atoms with Crippen molar-refractivity contribution in [3.8, 4) is 17.1 Å². The predicted octanol–water partition coefficient (Wildman–Crippen LogP) is 4.73. The van der Waals surface area contributed by atoms with Crippen molar-refractivity contribution in [1.82, 2.24) is 29.4 Å². The van der Waals surface area contributed by atoms with Crippen molar-refractivity contribution in [3.63, 3.8) is 0 Å². The van der Waals surface area contributed by atoms with Gasteiger partial charge in [0.2, 0.25) is 17.7 Å². The van der Waals surface area contributed by atoms with E-state index >= 15 is 0 Å². The van der Waals surface area contributed by atoms with Crippen LogP contribution in [0.5, 0.6) is 5.88 Å². The average Bonchev–Trinajstić information content (AvgIpc) is 3.25. The van der Waals surface area contributed by atoms with Gasteiger partial charge in [-0.05, 0) is 52.2 Å². The number of rotatable bonds is 11. The molecule has 0 bridgehead atoms. The SMILES string of the molecule is C=CC(=O)Nc1cc(Nc2ncc(Cl)c(-c3cn(C)c4ncccc34)n2)c(OC(C)C)nc1N(C)CCN(C)C. The maximum absolute atomic E-state index is 12.3. The van der Waals surface area contributed by atoms with E-state index in [0.29, 0.717) is 40.3 Å². The number of amides is 1. The highest BCUT2D eigenvalue weighted by atomic mass is 35.5. The molecule has 0 aliphatic heterocycles. The van der Waals surface area contributed by atoms with Gasteiger partial charge < -0.3 is 29.7 Å². The molecule has 4 rings (SSSR count). The molecule has 0 saturated heterocycles. The Labute approximate surface area is 238 Å². The number of likely N-dealkylation sites (N-methyl/N-ethyl adjacent to an activating group) is 2. The van der Waals surface area contributed by atoms with Gasteiger partial charge in [-0.15, -0.1) is 0 Å². The Morgan fingerprint density at radius 3 is 2.67 bits per heavy atom. The van der Waals surface area contributed by atoms with Crippen molar-refractivity contribution < 1.29 is 9.53 Å². The van der Waals surface area contributed by atoms with E-state index in [-0.39, 0.29) is 18.0 Å². The lowest BCUT2D eigenvalue weighted by atomic mass is 10.1. The van der Waals surface area contributed by atoms with Crippen molar-refractivity contribution >= 4 is 51.7 Å². The summed E-state index contributed by atoms with van der Waals surface area (Å²) in [6.07, 6.45) is 6.27. The Balaban J connectivity index is 1.78. The van der Waals surface area contributed by atoms with E-state index in [1.54, 1.807) is 18.5 Å². The number of carbonyl (C=O) groups excluding carboxylic acids is 1. The minimum atomic E-state index is -0.359. The molecule has 210 valence electrons. The Morgan fingerprint density at radius 1 is 1.20 bits per heavy atom. The van der Waals surface area contributed by atoms with Crippen LogP contribution in [0.4, 0.5) is 23.1 Å². The second-order valence-electron chi connectivity index (χ2n) is 9.84. The smallest absolute Gasteiger partial charge is 0.247 e. The molecule has 0 aliphatic carbocycles. The number of carbonyl (C=O) groups is 1.